The van der Waals surface area contributed by atoms with Gasteiger partial charge in [-0.25, -0.2) is 14.4 Å². The summed E-state index contributed by atoms with van der Waals surface area (Å²) in [6.07, 6.45) is 4.56. The van der Waals surface area contributed by atoms with Crippen LogP contribution in [0.15, 0.2) is 42.7 Å². The SMILES string of the molecule is Cc1cc(-c2ncn(CC3CCC(C(=O)[O-])CC3)n2)cc(C(=O)NCc2ccc(F)cc2)n1. The predicted molar refractivity (Wildman–Crippen MR) is 116 cm³/mol. The van der Waals surface area contributed by atoms with E-state index in [1.165, 1.54) is 12.1 Å². The van der Waals surface area contributed by atoms with Gasteiger partial charge < -0.3 is 15.2 Å². The first-order valence-corrected chi connectivity index (χ1v) is 11.0. The summed E-state index contributed by atoms with van der Waals surface area (Å²) in [4.78, 5) is 32.4. The number of aryl methyl sites for hydroxylation is 1. The van der Waals surface area contributed by atoms with Crippen molar-refractivity contribution in [3.8, 4) is 11.4 Å². The molecule has 1 fully saturated rings. The second-order valence-electron chi connectivity index (χ2n) is 8.52. The normalized spacial score (nSPS) is 18.1. The molecule has 1 amide bonds. The van der Waals surface area contributed by atoms with E-state index in [9.17, 15) is 19.1 Å². The summed E-state index contributed by atoms with van der Waals surface area (Å²) in [7, 11) is 0. The quantitative estimate of drug-likeness (QED) is 0.591. The average Bonchev–Trinajstić information content (AvgIpc) is 3.27. The van der Waals surface area contributed by atoms with Gasteiger partial charge in [-0.15, -0.1) is 0 Å². The molecule has 4 rings (SSSR count). The van der Waals surface area contributed by atoms with Crippen LogP contribution in [-0.4, -0.2) is 31.6 Å². The molecule has 1 aromatic carbocycles. The lowest BCUT2D eigenvalue weighted by molar-refractivity contribution is -0.312. The van der Waals surface area contributed by atoms with Crippen LogP contribution in [0.2, 0.25) is 0 Å². The monoisotopic (exact) mass is 450 g/mol. The summed E-state index contributed by atoms with van der Waals surface area (Å²) in [5, 5.41) is 18.4. The molecule has 0 saturated heterocycles. The van der Waals surface area contributed by atoms with Crippen molar-refractivity contribution in [2.24, 2.45) is 11.8 Å². The summed E-state index contributed by atoms with van der Waals surface area (Å²) in [6.45, 7) is 2.73. The van der Waals surface area contributed by atoms with Crippen LogP contribution < -0.4 is 10.4 Å². The summed E-state index contributed by atoms with van der Waals surface area (Å²) < 4.78 is 14.8. The number of nitrogens with zero attached hydrogens (tertiary/aromatic N) is 4. The number of carbonyl (C=O) groups is 2. The molecule has 9 heteroatoms. The molecule has 2 heterocycles. The third-order valence-corrected chi connectivity index (χ3v) is 5.97. The van der Waals surface area contributed by atoms with Crippen molar-refractivity contribution < 1.29 is 19.1 Å². The lowest BCUT2D eigenvalue weighted by Gasteiger charge is -2.28. The minimum Gasteiger partial charge on any atom is -0.550 e. The van der Waals surface area contributed by atoms with E-state index in [4.69, 9.17) is 0 Å². The van der Waals surface area contributed by atoms with Crippen molar-refractivity contribution in [3.05, 3.63) is 65.5 Å². The third kappa shape index (κ3) is 5.79. The topological polar surface area (TPSA) is 113 Å². The van der Waals surface area contributed by atoms with Crippen LogP contribution in [0.5, 0.6) is 0 Å². The smallest absolute Gasteiger partial charge is 0.270 e. The number of pyridine rings is 1. The van der Waals surface area contributed by atoms with Crippen molar-refractivity contribution in [2.75, 3.05) is 0 Å². The molecular formula is C24H25FN5O3-. The van der Waals surface area contributed by atoms with Crippen molar-refractivity contribution in [2.45, 2.75) is 45.7 Å². The van der Waals surface area contributed by atoms with Crippen LogP contribution >= 0.6 is 0 Å². The van der Waals surface area contributed by atoms with E-state index in [0.29, 0.717) is 42.4 Å². The first-order chi connectivity index (χ1) is 15.9. The zero-order valence-corrected chi connectivity index (χ0v) is 18.3. The number of hydrogen-bond donors (Lipinski definition) is 1. The van der Waals surface area contributed by atoms with Gasteiger partial charge in [0.1, 0.15) is 17.8 Å². The second kappa shape index (κ2) is 9.89. The number of amides is 1. The Bertz CT molecular complexity index is 1140. The van der Waals surface area contributed by atoms with Crippen LogP contribution in [0.4, 0.5) is 4.39 Å². The Morgan fingerprint density at radius 3 is 2.58 bits per heavy atom. The Labute approximate surface area is 190 Å². The number of aliphatic carboxylic acids is 1. The summed E-state index contributed by atoms with van der Waals surface area (Å²) in [6, 6.07) is 9.40. The molecule has 2 aromatic heterocycles. The van der Waals surface area contributed by atoms with Crippen molar-refractivity contribution >= 4 is 11.9 Å². The highest BCUT2D eigenvalue weighted by molar-refractivity contribution is 5.93. The predicted octanol–water partition coefficient (Wildman–Crippen LogP) is 2.27. The first-order valence-electron chi connectivity index (χ1n) is 11.0. The molecule has 0 unspecified atom stereocenters. The van der Waals surface area contributed by atoms with Gasteiger partial charge in [0.15, 0.2) is 5.82 Å². The van der Waals surface area contributed by atoms with Gasteiger partial charge in [0, 0.05) is 30.3 Å². The number of aromatic nitrogens is 4. The Kier molecular flexibility index (Phi) is 6.76. The van der Waals surface area contributed by atoms with E-state index in [0.717, 1.165) is 18.4 Å². The Balaban J connectivity index is 1.40. The highest BCUT2D eigenvalue weighted by atomic mass is 19.1. The fourth-order valence-corrected chi connectivity index (χ4v) is 4.15. The maximum Gasteiger partial charge on any atom is 0.270 e. The standard InChI is InChI=1S/C24H26FN5O3/c1-15-10-19(11-21(28-15)23(31)26-12-16-4-8-20(25)9-5-16)22-27-14-30(29-22)13-17-2-6-18(7-3-17)24(32)33/h4-5,8-11,14,17-18H,2-3,6-7,12-13H2,1H3,(H,26,31)(H,32,33)/p-1. The summed E-state index contributed by atoms with van der Waals surface area (Å²) >= 11 is 0. The molecule has 8 nitrogen and oxygen atoms in total. The lowest BCUT2D eigenvalue weighted by Crippen LogP contribution is -2.34. The minimum absolute atomic E-state index is 0.254. The fraction of sp³-hybridized carbons (Fsp3) is 0.375. The Hall–Kier alpha value is -3.62. The number of carboxylic acid groups (broad SMARTS) is 1. The Morgan fingerprint density at radius 1 is 1.15 bits per heavy atom. The zero-order chi connectivity index (χ0) is 23.4. The molecule has 0 atom stereocenters. The van der Waals surface area contributed by atoms with E-state index in [1.807, 2.05) is 6.07 Å². The van der Waals surface area contributed by atoms with Crippen LogP contribution in [-0.2, 0) is 17.9 Å². The molecule has 3 aromatic rings. The molecule has 1 saturated carbocycles. The van der Waals surface area contributed by atoms with E-state index < -0.39 is 5.97 Å². The van der Waals surface area contributed by atoms with Gasteiger partial charge in [0.25, 0.3) is 5.91 Å². The number of hydrogen-bond acceptors (Lipinski definition) is 6. The molecular weight excluding hydrogens is 425 g/mol. The molecule has 0 aliphatic heterocycles. The van der Waals surface area contributed by atoms with Crippen molar-refractivity contribution in [3.63, 3.8) is 0 Å². The van der Waals surface area contributed by atoms with Crippen LogP contribution in [0, 0.1) is 24.6 Å². The number of halogens is 1. The number of carboxylic acids is 1. The van der Waals surface area contributed by atoms with Gasteiger partial charge in [-0.2, -0.15) is 5.10 Å². The van der Waals surface area contributed by atoms with Gasteiger partial charge in [-0.1, -0.05) is 12.1 Å². The Morgan fingerprint density at radius 2 is 1.88 bits per heavy atom. The third-order valence-electron chi connectivity index (χ3n) is 5.97. The molecule has 0 radical (unpaired) electrons. The molecule has 0 spiro atoms. The molecule has 1 N–H and O–H groups in total. The van der Waals surface area contributed by atoms with Gasteiger partial charge >= 0.3 is 0 Å². The highest BCUT2D eigenvalue weighted by Crippen LogP contribution is 2.29. The second-order valence-corrected chi connectivity index (χ2v) is 8.52. The van der Waals surface area contributed by atoms with E-state index in [1.54, 1.807) is 36.1 Å². The van der Waals surface area contributed by atoms with Gasteiger partial charge in [-0.3, -0.25) is 9.48 Å². The fourth-order valence-electron chi connectivity index (χ4n) is 4.15. The molecule has 172 valence electrons. The zero-order valence-electron chi connectivity index (χ0n) is 18.3. The summed E-state index contributed by atoms with van der Waals surface area (Å²) in [5.74, 6) is -1.12. The molecule has 0 bridgehead atoms. The van der Waals surface area contributed by atoms with E-state index >= 15 is 0 Å². The number of rotatable bonds is 7. The van der Waals surface area contributed by atoms with E-state index in [2.05, 4.69) is 20.4 Å². The molecule has 1 aliphatic carbocycles. The highest BCUT2D eigenvalue weighted by Gasteiger charge is 2.22. The van der Waals surface area contributed by atoms with Crippen molar-refractivity contribution in [1.82, 2.24) is 25.1 Å². The maximum atomic E-state index is 13.0. The first kappa shape index (κ1) is 22.6. The molecule has 1 aliphatic rings. The largest absolute Gasteiger partial charge is 0.550 e. The van der Waals surface area contributed by atoms with Gasteiger partial charge in [-0.05, 0) is 74.3 Å². The van der Waals surface area contributed by atoms with Crippen LogP contribution in [0.25, 0.3) is 11.4 Å². The van der Waals surface area contributed by atoms with Gasteiger partial charge in [0.05, 0.1) is 0 Å². The lowest BCUT2D eigenvalue weighted by atomic mass is 9.82. The minimum atomic E-state index is -0.956. The number of carbonyl (C=O) groups excluding carboxylic acids is 2. The molecule has 33 heavy (non-hydrogen) atoms. The van der Waals surface area contributed by atoms with Crippen LogP contribution in [0.3, 0.4) is 0 Å². The van der Waals surface area contributed by atoms with Crippen LogP contribution in [0.1, 0.15) is 47.4 Å². The number of benzene rings is 1. The van der Waals surface area contributed by atoms with Gasteiger partial charge in [0.2, 0.25) is 0 Å². The summed E-state index contributed by atoms with van der Waals surface area (Å²) in [5.41, 5.74) is 2.39. The maximum absolute atomic E-state index is 13.0. The van der Waals surface area contributed by atoms with E-state index in [-0.39, 0.29) is 29.9 Å². The number of nitrogens with one attached hydrogen (secondary N) is 1. The van der Waals surface area contributed by atoms with Crippen molar-refractivity contribution in [1.29, 1.82) is 0 Å². The average molecular weight is 450 g/mol.